The van der Waals surface area contributed by atoms with Gasteiger partial charge in [0.25, 0.3) is 5.91 Å². The number of hydrogen-bond acceptors (Lipinski definition) is 4. The number of benzene rings is 1. The molecule has 3 rings (SSSR count). The predicted molar refractivity (Wildman–Crippen MR) is 104 cm³/mol. The number of aryl methyl sites for hydroxylation is 1. The van der Waals surface area contributed by atoms with Gasteiger partial charge in [-0.1, -0.05) is 6.07 Å². The lowest BCUT2D eigenvalue weighted by atomic mass is 9.95. The van der Waals surface area contributed by atoms with E-state index >= 15 is 0 Å². The zero-order valence-electron chi connectivity index (χ0n) is 16.1. The Morgan fingerprint density at radius 3 is 2.81 bits per heavy atom. The third kappa shape index (κ3) is 4.75. The normalized spacial score (nSPS) is 15.1. The number of carbonyl (C=O) groups excluding carboxylic acids is 1. The van der Waals surface area contributed by atoms with Gasteiger partial charge in [0.15, 0.2) is 0 Å². The van der Waals surface area contributed by atoms with E-state index in [0.29, 0.717) is 17.0 Å². The Bertz CT molecular complexity index is 812. The second-order valence-electron chi connectivity index (χ2n) is 7.39. The highest BCUT2D eigenvalue weighted by Crippen LogP contribution is 2.28. The van der Waals surface area contributed by atoms with Crippen molar-refractivity contribution in [2.75, 3.05) is 33.7 Å². The molecule has 2 aromatic rings. The third-order valence-electron chi connectivity index (χ3n) is 5.14. The largest absolute Gasteiger partial charge is 0.339 e. The number of imidazole rings is 1. The van der Waals surface area contributed by atoms with Crippen LogP contribution in [0.2, 0.25) is 0 Å². The van der Waals surface area contributed by atoms with E-state index in [4.69, 9.17) is 5.26 Å². The van der Waals surface area contributed by atoms with Crippen LogP contribution in [0.25, 0.3) is 0 Å². The summed E-state index contributed by atoms with van der Waals surface area (Å²) < 4.78 is 2.27. The predicted octanol–water partition coefficient (Wildman–Crippen LogP) is 2.73. The summed E-state index contributed by atoms with van der Waals surface area (Å²) in [6, 6.07) is 9.04. The highest BCUT2D eigenvalue weighted by Gasteiger charge is 2.27. The Balaban J connectivity index is 1.58. The Kier molecular flexibility index (Phi) is 6.25. The maximum atomic E-state index is 12.7. The molecule has 1 fully saturated rings. The number of likely N-dealkylation sites (tertiary alicyclic amines) is 1. The maximum absolute atomic E-state index is 12.7. The Morgan fingerprint density at radius 2 is 2.11 bits per heavy atom. The van der Waals surface area contributed by atoms with Crippen molar-refractivity contribution in [2.24, 2.45) is 0 Å². The van der Waals surface area contributed by atoms with Gasteiger partial charge in [-0.15, -0.1) is 0 Å². The molecule has 0 N–H and O–H groups in total. The maximum Gasteiger partial charge on any atom is 0.253 e. The van der Waals surface area contributed by atoms with Gasteiger partial charge in [0.05, 0.1) is 11.6 Å². The van der Waals surface area contributed by atoms with Crippen molar-refractivity contribution in [3.63, 3.8) is 0 Å². The molecule has 1 aromatic heterocycles. The van der Waals surface area contributed by atoms with Crippen molar-refractivity contribution >= 4 is 5.91 Å². The molecular formula is C21H27N5O. The second kappa shape index (κ2) is 8.83. The number of nitriles is 1. The molecule has 1 saturated heterocycles. The van der Waals surface area contributed by atoms with Crippen LogP contribution in [-0.4, -0.2) is 59.0 Å². The topological polar surface area (TPSA) is 65.2 Å². The SMILES string of the molecule is CN(C)CCCn1ccnc1C1CCN(C(=O)c2cccc(C#N)c2)CC1. The Hall–Kier alpha value is -2.65. The number of piperidine rings is 1. The van der Waals surface area contributed by atoms with E-state index in [9.17, 15) is 4.79 Å². The van der Waals surface area contributed by atoms with Crippen LogP contribution >= 0.6 is 0 Å². The molecular weight excluding hydrogens is 338 g/mol. The van der Waals surface area contributed by atoms with Gasteiger partial charge in [-0.05, 0) is 58.1 Å². The first-order valence-corrected chi connectivity index (χ1v) is 9.53. The van der Waals surface area contributed by atoms with Gasteiger partial charge in [0.1, 0.15) is 5.82 Å². The van der Waals surface area contributed by atoms with Crippen LogP contribution in [0.3, 0.4) is 0 Å². The Labute approximate surface area is 161 Å². The number of nitrogens with zero attached hydrogens (tertiary/aromatic N) is 5. The average molecular weight is 365 g/mol. The highest BCUT2D eigenvalue weighted by atomic mass is 16.2. The van der Waals surface area contributed by atoms with E-state index in [2.05, 4.69) is 40.8 Å². The number of hydrogen-bond donors (Lipinski definition) is 0. The van der Waals surface area contributed by atoms with Gasteiger partial charge < -0.3 is 14.4 Å². The first kappa shape index (κ1) is 19.1. The molecule has 0 radical (unpaired) electrons. The van der Waals surface area contributed by atoms with Crippen LogP contribution in [0, 0.1) is 11.3 Å². The van der Waals surface area contributed by atoms with E-state index in [1.807, 2.05) is 11.1 Å². The zero-order valence-corrected chi connectivity index (χ0v) is 16.1. The zero-order chi connectivity index (χ0) is 19.2. The fourth-order valence-corrected chi connectivity index (χ4v) is 3.67. The molecule has 1 aromatic carbocycles. The number of amides is 1. The standard InChI is InChI=1S/C21H27N5O/c1-24(2)10-4-11-25-14-9-23-20(25)18-7-12-26(13-8-18)21(27)19-6-3-5-17(15-19)16-22/h3,5-6,9,14-15,18H,4,7-8,10-13H2,1-2H3. The first-order chi connectivity index (χ1) is 13.1. The van der Waals surface area contributed by atoms with E-state index in [1.165, 1.54) is 0 Å². The lowest BCUT2D eigenvalue weighted by Gasteiger charge is -2.32. The van der Waals surface area contributed by atoms with Crippen molar-refractivity contribution in [1.29, 1.82) is 5.26 Å². The van der Waals surface area contributed by atoms with Crippen molar-refractivity contribution in [1.82, 2.24) is 19.4 Å². The van der Waals surface area contributed by atoms with Crippen LogP contribution in [0.15, 0.2) is 36.7 Å². The smallest absolute Gasteiger partial charge is 0.253 e. The van der Waals surface area contributed by atoms with Crippen LogP contribution in [0.5, 0.6) is 0 Å². The summed E-state index contributed by atoms with van der Waals surface area (Å²) in [6.45, 7) is 3.50. The molecule has 0 spiro atoms. The minimum Gasteiger partial charge on any atom is -0.339 e. The summed E-state index contributed by atoms with van der Waals surface area (Å²) in [4.78, 5) is 21.4. The Morgan fingerprint density at radius 1 is 1.33 bits per heavy atom. The van der Waals surface area contributed by atoms with Gasteiger partial charge in [0.2, 0.25) is 0 Å². The van der Waals surface area contributed by atoms with Crippen LogP contribution in [0.4, 0.5) is 0 Å². The molecule has 27 heavy (non-hydrogen) atoms. The van der Waals surface area contributed by atoms with Crippen molar-refractivity contribution in [3.8, 4) is 6.07 Å². The van der Waals surface area contributed by atoms with Crippen LogP contribution in [-0.2, 0) is 6.54 Å². The molecule has 1 aliphatic heterocycles. The third-order valence-corrected chi connectivity index (χ3v) is 5.14. The van der Waals surface area contributed by atoms with E-state index < -0.39 is 0 Å². The highest BCUT2D eigenvalue weighted by molar-refractivity contribution is 5.94. The number of rotatable bonds is 6. The minimum atomic E-state index is 0.0138. The van der Waals surface area contributed by atoms with Crippen molar-refractivity contribution in [3.05, 3.63) is 53.6 Å². The van der Waals surface area contributed by atoms with Crippen LogP contribution < -0.4 is 0 Å². The van der Waals surface area contributed by atoms with E-state index in [1.54, 1.807) is 24.3 Å². The quantitative estimate of drug-likeness (QED) is 0.789. The molecule has 0 unspecified atom stereocenters. The summed E-state index contributed by atoms with van der Waals surface area (Å²) in [5.74, 6) is 1.56. The van der Waals surface area contributed by atoms with Gasteiger partial charge in [0, 0.05) is 43.5 Å². The molecule has 1 aliphatic rings. The first-order valence-electron chi connectivity index (χ1n) is 9.53. The van der Waals surface area contributed by atoms with Gasteiger partial charge in [-0.3, -0.25) is 4.79 Å². The van der Waals surface area contributed by atoms with Crippen LogP contribution in [0.1, 0.15) is 46.9 Å². The van der Waals surface area contributed by atoms with Gasteiger partial charge in [-0.25, -0.2) is 4.98 Å². The monoisotopic (exact) mass is 365 g/mol. The van der Waals surface area contributed by atoms with E-state index in [0.717, 1.165) is 51.3 Å². The summed E-state index contributed by atoms with van der Waals surface area (Å²) >= 11 is 0. The summed E-state index contributed by atoms with van der Waals surface area (Å²) in [5, 5.41) is 9.03. The van der Waals surface area contributed by atoms with Crippen molar-refractivity contribution in [2.45, 2.75) is 31.7 Å². The molecule has 2 heterocycles. The summed E-state index contributed by atoms with van der Waals surface area (Å²) in [5.41, 5.74) is 1.12. The number of carbonyl (C=O) groups is 1. The second-order valence-corrected chi connectivity index (χ2v) is 7.39. The molecule has 6 nitrogen and oxygen atoms in total. The summed E-state index contributed by atoms with van der Waals surface area (Å²) in [7, 11) is 4.18. The lowest BCUT2D eigenvalue weighted by molar-refractivity contribution is 0.0710. The van der Waals surface area contributed by atoms with Gasteiger partial charge in [-0.2, -0.15) is 5.26 Å². The van der Waals surface area contributed by atoms with Gasteiger partial charge >= 0.3 is 0 Å². The number of aromatic nitrogens is 2. The lowest BCUT2D eigenvalue weighted by Crippen LogP contribution is -2.38. The molecule has 6 heteroatoms. The fraction of sp³-hybridized carbons (Fsp3) is 0.476. The molecule has 142 valence electrons. The van der Waals surface area contributed by atoms with E-state index in [-0.39, 0.29) is 5.91 Å². The molecule has 0 bridgehead atoms. The minimum absolute atomic E-state index is 0.0138. The average Bonchev–Trinajstić information content (AvgIpc) is 3.16. The van der Waals surface area contributed by atoms with Crippen molar-refractivity contribution < 1.29 is 4.79 Å². The fourth-order valence-electron chi connectivity index (χ4n) is 3.67. The summed E-state index contributed by atoms with van der Waals surface area (Å²) in [6.07, 6.45) is 6.90. The molecule has 0 saturated carbocycles. The molecule has 0 aliphatic carbocycles. The molecule has 0 atom stereocenters. The molecule has 1 amide bonds.